The summed E-state index contributed by atoms with van der Waals surface area (Å²) in [6, 6.07) is 0. The Morgan fingerprint density at radius 2 is 1.20 bits per heavy atom. The van der Waals surface area contributed by atoms with Crippen LogP contribution in [0, 0.1) is 11.8 Å². The lowest BCUT2D eigenvalue weighted by Gasteiger charge is -2.12. The quantitative estimate of drug-likeness (QED) is 0.583. The molecule has 1 aromatic heterocycles. The highest BCUT2D eigenvalue weighted by molar-refractivity contribution is 8.04. The standard InChI is InChI=1S/C16H28N4O2S3/c1-9(2)7-17-13(21)11(5)23-15-19-20-16(25-15)24-12(6)14(22)18-8-10(3)4/h9-12H,7-8H2,1-6H3,(H,17,21)(H,18,22)/t11-,12+. The molecule has 2 amide bonds. The van der Waals surface area contributed by atoms with Crippen molar-refractivity contribution < 1.29 is 9.59 Å². The summed E-state index contributed by atoms with van der Waals surface area (Å²) in [5, 5.41) is 13.6. The second-order valence-electron chi connectivity index (χ2n) is 6.63. The first kappa shape index (κ1) is 22.2. The van der Waals surface area contributed by atoms with Gasteiger partial charge in [0.1, 0.15) is 0 Å². The predicted molar refractivity (Wildman–Crippen MR) is 106 cm³/mol. The highest BCUT2D eigenvalue weighted by Gasteiger charge is 2.20. The number of hydrogen-bond acceptors (Lipinski definition) is 7. The maximum Gasteiger partial charge on any atom is 0.233 e. The number of amides is 2. The molecule has 0 bridgehead atoms. The van der Waals surface area contributed by atoms with Crippen LogP contribution in [0.4, 0.5) is 0 Å². The van der Waals surface area contributed by atoms with Crippen LogP contribution in [0.1, 0.15) is 41.5 Å². The Bertz CT molecular complexity index is 517. The number of carbonyl (C=O) groups excluding carboxylic acids is 2. The molecule has 6 nitrogen and oxygen atoms in total. The van der Waals surface area contributed by atoms with Gasteiger partial charge < -0.3 is 10.6 Å². The first-order valence-electron chi connectivity index (χ1n) is 8.41. The monoisotopic (exact) mass is 404 g/mol. The van der Waals surface area contributed by atoms with Crippen molar-refractivity contribution in [2.75, 3.05) is 13.1 Å². The van der Waals surface area contributed by atoms with Crippen molar-refractivity contribution in [2.24, 2.45) is 11.8 Å². The van der Waals surface area contributed by atoms with Crippen molar-refractivity contribution in [2.45, 2.75) is 60.7 Å². The van der Waals surface area contributed by atoms with Crippen LogP contribution < -0.4 is 10.6 Å². The largest absolute Gasteiger partial charge is 0.355 e. The van der Waals surface area contributed by atoms with Crippen LogP contribution in [0.3, 0.4) is 0 Å². The van der Waals surface area contributed by atoms with Gasteiger partial charge in [-0.3, -0.25) is 9.59 Å². The summed E-state index contributed by atoms with van der Waals surface area (Å²) < 4.78 is 1.48. The maximum absolute atomic E-state index is 12.0. The van der Waals surface area contributed by atoms with Gasteiger partial charge in [-0.2, -0.15) is 0 Å². The Kier molecular flexibility index (Phi) is 9.81. The fourth-order valence-electron chi connectivity index (χ4n) is 1.60. The van der Waals surface area contributed by atoms with E-state index in [-0.39, 0.29) is 22.3 Å². The highest BCUT2D eigenvalue weighted by Crippen LogP contribution is 2.33. The van der Waals surface area contributed by atoms with Crippen LogP contribution in [0.15, 0.2) is 8.68 Å². The second-order valence-corrected chi connectivity index (χ2v) is 10.8. The van der Waals surface area contributed by atoms with E-state index in [1.807, 2.05) is 13.8 Å². The van der Waals surface area contributed by atoms with E-state index in [0.717, 1.165) is 8.68 Å². The molecule has 1 heterocycles. The average molecular weight is 405 g/mol. The van der Waals surface area contributed by atoms with Crippen LogP contribution >= 0.6 is 34.9 Å². The first-order chi connectivity index (χ1) is 11.7. The zero-order valence-corrected chi connectivity index (χ0v) is 18.1. The number of carbonyl (C=O) groups is 2. The highest BCUT2D eigenvalue weighted by atomic mass is 32.2. The Morgan fingerprint density at radius 1 is 0.840 bits per heavy atom. The van der Waals surface area contributed by atoms with Crippen LogP contribution in [-0.2, 0) is 9.59 Å². The summed E-state index contributed by atoms with van der Waals surface area (Å²) in [5.41, 5.74) is 0. The molecule has 9 heteroatoms. The van der Waals surface area contributed by atoms with E-state index in [2.05, 4.69) is 48.5 Å². The molecule has 1 rings (SSSR count). The Morgan fingerprint density at radius 3 is 1.52 bits per heavy atom. The third-order valence-corrected chi connectivity index (χ3v) is 6.34. The van der Waals surface area contributed by atoms with Crippen molar-refractivity contribution in [3.63, 3.8) is 0 Å². The van der Waals surface area contributed by atoms with E-state index in [1.165, 1.54) is 34.9 Å². The van der Waals surface area contributed by atoms with Crippen LogP contribution in [0.25, 0.3) is 0 Å². The lowest BCUT2D eigenvalue weighted by molar-refractivity contribution is -0.121. The minimum absolute atomic E-state index is 0.00420. The molecule has 25 heavy (non-hydrogen) atoms. The zero-order valence-electron chi connectivity index (χ0n) is 15.7. The smallest absolute Gasteiger partial charge is 0.233 e. The number of aromatic nitrogens is 2. The van der Waals surface area contributed by atoms with Gasteiger partial charge >= 0.3 is 0 Å². The van der Waals surface area contributed by atoms with E-state index in [9.17, 15) is 9.59 Å². The summed E-state index contributed by atoms with van der Waals surface area (Å²) in [4.78, 5) is 24.0. The molecule has 1 aromatic rings. The van der Waals surface area contributed by atoms with Gasteiger partial charge in [-0.05, 0) is 25.7 Å². The maximum atomic E-state index is 12.0. The number of nitrogens with zero attached hydrogens (tertiary/aromatic N) is 2. The topological polar surface area (TPSA) is 84.0 Å². The van der Waals surface area contributed by atoms with Gasteiger partial charge in [0.15, 0.2) is 8.68 Å². The lowest BCUT2D eigenvalue weighted by Crippen LogP contribution is -2.33. The molecule has 0 aliphatic carbocycles. The van der Waals surface area contributed by atoms with E-state index in [1.54, 1.807) is 0 Å². The normalized spacial score (nSPS) is 13.8. The van der Waals surface area contributed by atoms with Crippen LogP contribution in [-0.4, -0.2) is 45.6 Å². The van der Waals surface area contributed by atoms with Gasteiger partial charge in [0.25, 0.3) is 0 Å². The summed E-state index contributed by atoms with van der Waals surface area (Å²) in [5.74, 6) is 0.858. The molecular formula is C16H28N4O2S3. The molecule has 0 spiro atoms. The summed E-state index contributed by atoms with van der Waals surface area (Å²) >= 11 is 4.20. The molecule has 0 fully saturated rings. The fraction of sp³-hybridized carbons (Fsp3) is 0.750. The summed E-state index contributed by atoms with van der Waals surface area (Å²) in [7, 11) is 0. The first-order valence-corrected chi connectivity index (χ1v) is 11.0. The molecule has 0 aromatic carbocycles. The van der Waals surface area contributed by atoms with E-state index < -0.39 is 0 Å². The van der Waals surface area contributed by atoms with Crippen LogP contribution in [0.5, 0.6) is 0 Å². The molecule has 2 atom stereocenters. The lowest BCUT2D eigenvalue weighted by atomic mass is 10.2. The van der Waals surface area contributed by atoms with Gasteiger partial charge in [0.05, 0.1) is 10.5 Å². The second kappa shape index (κ2) is 11.0. The van der Waals surface area contributed by atoms with Gasteiger partial charge in [0.2, 0.25) is 11.8 Å². The SMILES string of the molecule is CC(C)CNC(=O)[C@H](C)Sc1nnc(S[C@H](C)C(=O)NCC(C)C)s1. The molecule has 0 unspecified atom stereocenters. The number of hydrogen-bond donors (Lipinski definition) is 2. The van der Waals surface area contributed by atoms with Crippen molar-refractivity contribution in [1.29, 1.82) is 0 Å². The molecule has 0 aliphatic rings. The molecule has 2 N–H and O–H groups in total. The third-order valence-electron chi connectivity index (χ3n) is 3.05. The Hall–Kier alpha value is -0.800. The van der Waals surface area contributed by atoms with Crippen molar-refractivity contribution in [3.05, 3.63) is 0 Å². The number of thioether (sulfide) groups is 2. The zero-order chi connectivity index (χ0) is 19.0. The average Bonchev–Trinajstić information content (AvgIpc) is 2.96. The van der Waals surface area contributed by atoms with Crippen molar-refractivity contribution in [3.8, 4) is 0 Å². The van der Waals surface area contributed by atoms with Crippen molar-refractivity contribution >= 4 is 46.7 Å². The third kappa shape index (κ3) is 8.91. The number of nitrogens with one attached hydrogen (secondary N) is 2. The van der Waals surface area contributed by atoms with Crippen molar-refractivity contribution in [1.82, 2.24) is 20.8 Å². The molecule has 142 valence electrons. The Labute approximate surface area is 162 Å². The van der Waals surface area contributed by atoms with E-state index in [4.69, 9.17) is 0 Å². The Balaban J connectivity index is 2.47. The van der Waals surface area contributed by atoms with Gasteiger partial charge in [-0.25, -0.2) is 0 Å². The predicted octanol–water partition coefficient (Wildman–Crippen LogP) is 3.04. The van der Waals surface area contributed by atoms with Crippen LogP contribution in [0.2, 0.25) is 0 Å². The van der Waals surface area contributed by atoms with Gasteiger partial charge in [-0.15, -0.1) is 10.2 Å². The van der Waals surface area contributed by atoms with E-state index in [0.29, 0.717) is 24.9 Å². The minimum Gasteiger partial charge on any atom is -0.355 e. The molecule has 0 saturated carbocycles. The van der Waals surface area contributed by atoms with Gasteiger partial charge in [0, 0.05) is 13.1 Å². The molecule has 0 aliphatic heterocycles. The molecular weight excluding hydrogens is 376 g/mol. The molecule has 0 saturated heterocycles. The summed E-state index contributed by atoms with van der Waals surface area (Å²) in [6.07, 6.45) is 0. The summed E-state index contributed by atoms with van der Waals surface area (Å²) in [6.45, 7) is 13.3. The molecule has 0 radical (unpaired) electrons. The fourth-order valence-corrected chi connectivity index (χ4v) is 4.96. The number of rotatable bonds is 10. The minimum atomic E-state index is -0.226. The van der Waals surface area contributed by atoms with Gasteiger partial charge in [-0.1, -0.05) is 62.6 Å². The van der Waals surface area contributed by atoms with E-state index >= 15 is 0 Å².